The molecule has 0 amide bonds. The van der Waals surface area contributed by atoms with Crippen LogP contribution >= 0.6 is 0 Å². The number of nitro benzene ring substituents is 1. The SMILES string of the molecule is O=[N+]([O-])c1ccc(O)c(CC2(O)CNC2)c1. The van der Waals surface area contributed by atoms with Gasteiger partial charge in [0, 0.05) is 37.2 Å². The fourth-order valence-electron chi connectivity index (χ4n) is 1.72. The second-order valence-corrected chi connectivity index (χ2v) is 4.07. The highest BCUT2D eigenvalue weighted by molar-refractivity contribution is 5.43. The Labute approximate surface area is 91.7 Å². The zero-order valence-corrected chi connectivity index (χ0v) is 8.51. The molecule has 1 aliphatic rings. The molecule has 1 aromatic carbocycles. The van der Waals surface area contributed by atoms with Gasteiger partial charge in [-0.15, -0.1) is 0 Å². The summed E-state index contributed by atoms with van der Waals surface area (Å²) in [5.74, 6) is -0.0223. The third kappa shape index (κ3) is 1.98. The average Bonchev–Trinajstić information content (AvgIpc) is 2.18. The standard InChI is InChI=1S/C10H12N2O4/c13-9-2-1-8(12(15)16)3-7(9)4-10(14)5-11-6-10/h1-3,11,13-14H,4-6H2. The van der Waals surface area contributed by atoms with Gasteiger partial charge in [-0.05, 0) is 6.07 Å². The zero-order valence-electron chi connectivity index (χ0n) is 8.51. The second kappa shape index (κ2) is 3.73. The number of β-amino-alcohol motifs (C(OH)–C–C–N with tert-alkyl or cyclic N) is 1. The summed E-state index contributed by atoms with van der Waals surface area (Å²) in [6, 6.07) is 3.82. The lowest BCUT2D eigenvalue weighted by atomic mass is 9.88. The monoisotopic (exact) mass is 224 g/mol. The van der Waals surface area contributed by atoms with Crippen molar-refractivity contribution in [2.75, 3.05) is 13.1 Å². The Balaban J connectivity index is 2.25. The van der Waals surface area contributed by atoms with Gasteiger partial charge < -0.3 is 15.5 Å². The van der Waals surface area contributed by atoms with Crippen LogP contribution in [0.4, 0.5) is 5.69 Å². The number of rotatable bonds is 3. The van der Waals surface area contributed by atoms with Gasteiger partial charge in [-0.25, -0.2) is 0 Å². The normalized spacial score (nSPS) is 17.8. The Morgan fingerprint density at radius 3 is 2.69 bits per heavy atom. The van der Waals surface area contributed by atoms with Gasteiger partial charge >= 0.3 is 0 Å². The van der Waals surface area contributed by atoms with Gasteiger partial charge in [-0.1, -0.05) is 0 Å². The molecule has 1 saturated heterocycles. The number of nitrogens with zero attached hydrogens (tertiary/aromatic N) is 1. The maximum absolute atomic E-state index is 10.6. The van der Waals surface area contributed by atoms with Crippen LogP contribution in [0.5, 0.6) is 5.75 Å². The van der Waals surface area contributed by atoms with E-state index in [-0.39, 0.29) is 17.9 Å². The van der Waals surface area contributed by atoms with E-state index in [0.717, 1.165) is 0 Å². The summed E-state index contributed by atoms with van der Waals surface area (Å²) in [5, 5.41) is 32.9. The minimum Gasteiger partial charge on any atom is -0.508 e. The van der Waals surface area contributed by atoms with Gasteiger partial charge in [0.1, 0.15) is 5.75 Å². The van der Waals surface area contributed by atoms with Crippen molar-refractivity contribution in [3.63, 3.8) is 0 Å². The summed E-state index contributed by atoms with van der Waals surface area (Å²) < 4.78 is 0. The number of phenolic OH excluding ortho intramolecular Hbond substituents is 1. The first-order chi connectivity index (χ1) is 7.50. The van der Waals surface area contributed by atoms with Crippen molar-refractivity contribution in [3.05, 3.63) is 33.9 Å². The Morgan fingerprint density at radius 1 is 1.50 bits per heavy atom. The molecule has 16 heavy (non-hydrogen) atoms. The largest absolute Gasteiger partial charge is 0.508 e. The van der Waals surface area contributed by atoms with Crippen molar-refractivity contribution in [2.24, 2.45) is 0 Å². The molecule has 86 valence electrons. The summed E-state index contributed by atoms with van der Waals surface area (Å²) in [4.78, 5) is 10.0. The van der Waals surface area contributed by atoms with Crippen LogP contribution in [-0.2, 0) is 6.42 Å². The molecule has 0 aliphatic carbocycles. The van der Waals surface area contributed by atoms with Crippen molar-refractivity contribution in [3.8, 4) is 5.75 Å². The lowest BCUT2D eigenvalue weighted by Crippen LogP contribution is -2.60. The summed E-state index contributed by atoms with van der Waals surface area (Å²) in [6.45, 7) is 0.879. The first kappa shape index (κ1) is 10.8. The lowest BCUT2D eigenvalue weighted by molar-refractivity contribution is -0.385. The van der Waals surface area contributed by atoms with Crippen LogP contribution in [0, 0.1) is 10.1 Å². The molecule has 0 saturated carbocycles. The number of aliphatic hydroxyl groups is 1. The molecule has 1 aliphatic heterocycles. The molecule has 0 radical (unpaired) electrons. The molecule has 0 atom stereocenters. The number of nitro groups is 1. The van der Waals surface area contributed by atoms with Gasteiger partial charge in [0.15, 0.2) is 0 Å². The fraction of sp³-hybridized carbons (Fsp3) is 0.400. The molecular formula is C10H12N2O4. The third-order valence-electron chi connectivity index (χ3n) is 2.70. The van der Waals surface area contributed by atoms with E-state index in [4.69, 9.17) is 0 Å². The average molecular weight is 224 g/mol. The Kier molecular flexibility index (Phi) is 2.53. The summed E-state index contributed by atoms with van der Waals surface area (Å²) in [5.41, 5.74) is -0.575. The fourth-order valence-corrected chi connectivity index (χ4v) is 1.72. The quantitative estimate of drug-likeness (QED) is 0.502. The number of nitrogens with one attached hydrogen (secondary N) is 1. The van der Waals surface area contributed by atoms with Crippen molar-refractivity contribution < 1.29 is 15.1 Å². The predicted molar refractivity (Wildman–Crippen MR) is 56.3 cm³/mol. The highest BCUT2D eigenvalue weighted by Crippen LogP contribution is 2.27. The molecule has 1 heterocycles. The topological polar surface area (TPSA) is 95.6 Å². The number of phenols is 1. The smallest absolute Gasteiger partial charge is 0.269 e. The number of benzene rings is 1. The van der Waals surface area contributed by atoms with E-state index < -0.39 is 10.5 Å². The Bertz CT molecular complexity index is 429. The van der Waals surface area contributed by atoms with Gasteiger partial charge in [-0.2, -0.15) is 0 Å². The summed E-state index contributed by atoms with van der Waals surface area (Å²) in [6.07, 6.45) is 0.216. The van der Waals surface area contributed by atoms with Crippen molar-refractivity contribution >= 4 is 5.69 Å². The van der Waals surface area contributed by atoms with Crippen LogP contribution in [0.3, 0.4) is 0 Å². The minimum atomic E-state index is -0.896. The van der Waals surface area contributed by atoms with Crippen LogP contribution < -0.4 is 5.32 Å². The second-order valence-electron chi connectivity index (χ2n) is 4.07. The van der Waals surface area contributed by atoms with Crippen molar-refractivity contribution in [1.82, 2.24) is 5.32 Å². The predicted octanol–water partition coefficient (Wildman–Crippen LogP) is 0.177. The van der Waals surface area contributed by atoms with E-state index >= 15 is 0 Å². The maximum atomic E-state index is 10.6. The molecule has 0 aromatic heterocycles. The highest BCUT2D eigenvalue weighted by Gasteiger charge is 2.35. The molecule has 6 heteroatoms. The van der Waals surface area contributed by atoms with Crippen LogP contribution in [0.25, 0.3) is 0 Å². The third-order valence-corrected chi connectivity index (χ3v) is 2.70. The zero-order chi connectivity index (χ0) is 11.8. The number of aromatic hydroxyl groups is 1. The highest BCUT2D eigenvalue weighted by atomic mass is 16.6. The van der Waals surface area contributed by atoms with Crippen molar-refractivity contribution in [2.45, 2.75) is 12.0 Å². The van der Waals surface area contributed by atoms with Crippen LogP contribution in [0.15, 0.2) is 18.2 Å². The van der Waals surface area contributed by atoms with Crippen LogP contribution in [0.2, 0.25) is 0 Å². The van der Waals surface area contributed by atoms with Crippen LogP contribution in [0.1, 0.15) is 5.56 Å². The van der Waals surface area contributed by atoms with Crippen molar-refractivity contribution in [1.29, 1.82) is 0 Å². The molecular weight excluding hydrogens is 212 g/mol. The summed E-state index contributed by atoms with van der Waals surface area (Å²) >= 11 is 0. The first-order valence-corrected chi connectivity index (χ1v) is 4.90. The Hall–Kier alpha value is -1.66. The van der Waals surface area contributed by atoms with Gasteiger partial charge in [0.05, 0.1) is 10.5 Å². The minimum absolute atomic E-state index is 0.0223. The number of hydrogen-bond acceptors (Lipinski definition) is 5. The van der Waals surface area contributed by atoms with E-state index in [0.29, 0.717) is 18.7 Å². The van der Waals surface area contributed by atoms with E-state index in [2.05, 4.69) is 5.32 Å². The van der Waals surface area contributed by atoms with E-state index in [1.807, 2.05) is 0 Å². The molecule has 0 spiro atoms. The molecule has 1 fully saturated rings. The van der Waals surface area contributed by atoms with E-state index in [9.17, 15) is 20.3 Å². The van der Waals surface area contributed by atoms with Gasteiger partial charge in [-0.3, -0.25) is 10.1 Å². The molecule has 1 aromatic rings. The molecule has 0 bridgehead atoms. The van der Waals surface area contributed by atoms with E-state index in [1.165, 1.54) is 18.2 Å². The number of hydrogen-bond donors (Lipinski definition) is 3. The maximum Gasteiger partial charge on any atom is 0.269 e. The van der Waals surface area contributed by atoms with Crippen LogP contribution in [-0.4, -0.2) is 33.8 Å². The van der Waals surface area contributed by atoms with Gasteiger partial charge in [0.25, 0.3) is 5.69 Å². The van der Waals surface area contributed by atoms with Gasteiger partial charge in [0.2, 0.25) is 0 Å². The molecule has 3 N–H and O–H groups in total. The Morgan fingerprint density at radius 2 is 2.19 bits per heavy atom. The molecule has 0 unspecified atom stereocenters. The van der Waals surface area contributed by atoms with E-state index in [1.54, 1.807) is 0 Å². The first-order valence-electron chi connectivity index (χ1n) is 4.90. The summed E-state index contributed by atoms with van der Waals surface area (Å²) in [7, 11) is 0. The lowest BCUT2D eigenvalue weighted by Gasteiger charge is -2.37. The molecule has 2 rings (SSSR count). The molecule has 6 nitrogen and oxygen atoms in total. The number of non-ortho nitro benzene ring substituents is 1.